The molecular weight excluding hydrogens is 272 g/mol. The first-order valence-electron chi connectivity index (χ1n) is 7.33. The van der Waals surface area contributed by atoms with Crippen LogP contribution in [0.2, 0.25) is 0 Å². The van der Waals surface area contributed by atoms with E-state index >= 15 is 0 Å². The zero-order chi connectivity index (χ0) is 14.9. The standard InChI is InChI=1S/C18H16N4/c1-13-19-18-20-16(14-8-4-2-5-9-14)12-17(22(18)21-13)15-10-6-3-7-11-15/h2-12,17H,1H3,(H,19,20,21)/t17-/m1/s1. The highest BCUT2D eigenvalue weighted by molar-refractivity contribution is 5.77. The van der Waals surface area contributed by atoms with Gasteiger partial charge in [0.2, 0.25) is 5.95 Å². The molecule has 4 heteroatoms. The Morgan fingerprint density at radius 3 is 2.36 bits per heavy atom. The van der Waals surface area contributed by atoms with E-state index in [0.717, 1.165) is 23.0 Å². The Hall–Kier alpha value is -2.88. The third-order valence-corrected chi connectivity index (χ3v) is 3.80. The molecule has 4 rings (SSSR count). The predicted octanol–water partition coefficient (Wildman–Crippen LogP) is 3.64. The summed E-state index contributed by atoms with van der Waals surface area (Å²) < 4.78 is 1.94. The first-order valence-corrected chi connectivity index (χ1v) is 7.33. The predicted molar refractivity (Wildman–Crippen MR) is 87.4 cm³/mol. The highest BCUT2D eigenvalue weighted by Gasteiger charge is 2.24. The Morgan fingerprint density at radius 1 is 0.955 bits per heavy atom. The minimum atomic E-state index is 0.0499. The molecule has 1 aromatic heterocycles. The lowest BCUT2D eigenvalue weighted by Crippen LogP contribution is -2.20. The molecule has 1 N–H and O–H groups in total. The Kier molecular flexibility index (Phi) is 3.00. The molecule has 0 saturated carbocycles. The lowest BCUT2D eigenvalue weighted by atomic mass is 10.0. The van der Waals surface area contributed by atoms with E-state index < -0.39 is 0 Å². The summed E-state index contributed by atoms with van der Waals surface area (Å²) in [5.41, 5.74) is 3.41. The second-order valence-electron chi connectivity index (χ2n) is 5.35. The van der Waals surface area contributed by atoms with Gasteiger partial charge in [0.25, 0.3) is 0 Å². The molecule has 0 unspecified atom stereocenters. The van der Waals surface area contributed by atoms with Gasteiger partial charge in [0.15, 0.2) is 0 Å². The van der Waals surface area contributed by atoms with E-state index in [1.165, 1.54) is 5.56 Å². The maximum atomic E-state index is 4.54. The first kappa shape index (κ1) is 12.8. The number of hydrogen-bond donors (Lipinski definition) is 1. The Morgan fingerprint density at radius 2 is 1.64 bits per heavy atom. The average Bonchev–Trinajstić information content (AvgIpc) is 2.95. The molecule has 108 valence electrons. The SMILES string of the molecule is Cc1nc2n(n1)[C@@H](c1ccccc1)C=C(c1ccccc1)N2. The van der Waals surface area contributed by atoms with Crippen molar-refractivity contribution in [2.45, 2.75) is 13.0 Å². The van der Waals surface area contributed by atoms with Crippen molar-refractivity contribution in [3.8, 4) is 0 Å². The fourth-order valence-electron chi connectivity index (χ4n) is 2.77. The van der Waals surface area contributed by atoms with Gasteiger partial charge in [-0.05, 0) is 24.1 Å². The third-order valence-electron chi connectivity index (χ3n) is 3.80. The second-order valence-corrected chi connectivity index (χ2v) is 5.35. The summed E-state index contributed by atoms with van der Waals surface area (Å²) in [7, 11) is 0. The molecule has 1 aliphatic heterocycles. The number of anilines is 1. The number of rotatable bonds is 2. The molecule has 22 heavy (non-hydrogen) atoms. The molecule has 3 aromatic rings. The van der Waals surface area contributed by atoms with Crippen LogP contribution < -0.4 is 5.32 Å². The number of nitrogens with zero attached hydrogens (tertiary/aromatic N) is 3. The molecule has 2 aromatic carbocycles. The van der Waals surface area contributed by atoms with E-state index in [-0.39, 0.29) is 6.04 Å². The molecule has 0 bridgehead atoms. The van der Waals surface area contributed by atoms with E-state index in [9.17, 15) is 0 Å². The molecule has 2 heterocycles. The fourth-order valence-corrected chi connectivity index (χ4v) is 2.77. The third kappa shape index (κ3) is 2.19. The number of hydrogen-bond acceptors (Lipinski definition) is 3. The molecule has 0 radical (unpaired) electrons. The van der Waals surface area contributed by atoms with E-state index in [1.807, 2.05) is 35.9 Å². The summed E-state index contributed by atoms with van der Waals surface area (Å²) in [6.45, 7) is 1.91. The number of benzene rings is 2. The molecule has 0 aliphatic carbocycles. The fraction of sp³-hybridized carbons (Fsp3) is 0.111. The summed E-state index contributed by atoms with van der Waals surface area (Å²) in [6, 6.07) is 20.7. The van der Waals surface area contributed by atoms with Gasteiger partial charge in [0.05, 0.1) is 0 Å². The van der Waals surface area contributed by atoms with E-state index in [1.54, 1.807) is 0 Å². The van der Waals surface area contributed by atoms with Crippen molar-refractivity contribution in [3.63, 3.8) is 0 Å². The number of nitrogens with one attached hydrogen (secondary N) is 1. The van der Waals surface area contributed by atoms with E-state index in [2.05, 4.69) is 57.9 Å². The molecule has 4 nitrogen and oxygen atoms in total. The lowest BCUT2D eigenvalue weighted by molar-refractivity contribution is 0.607. The van der Waals surface area contributed by atoms with Crippen molar-refractivity contribution in [1.29, 1.82) is 0 Å². The van der Waals surface area contributed by atoms with Gasteiger partial charge in [0, 0.05) is 5.70 Å². The second kappa shape index (κ2) is 5.15. The molecule has 1 atom stereocenters. The van der Waals surface area contributed by atoms with Crippen LogP contribution in [-0.4, -0.2) is 14.8 Å². The minimum Gasteiger partial charge on any atom is -0.324 e. The Bertz CT molecular complexity index is 819. The number of aromatic nitrogens is 3. The van der Waals surface area contributed by atoms with Gasteiger partial charge in [-0.15, -0.1) is 0 Å². The number of allylic oxidation sites excluding steroid dienone is 1. The first-order chi connectivity index (χ1) is 10.8. The largest absolute Gasteiger partial charge is 0.324 e. The van der Waals surface area contributed by atoms with Gasteiger partial charge in [-0.2, -0.15) is 10.1 Å². The van der Waals surface area contributed by atoms with Crippen molar-refractivity contribution >= 4 is 11.6 Å². The molecular formula is C18H16N4. The summed E-state index contributed by atoms with van der Waals surface area (Å²) in [5.74, 6) is 1.55. The summed E-state index contributed by atoms with van der Waals surface area (Å²) in [4.78, 5) is 4.50. The van der Waals surface area contributed by atoms with Crippen molar-refractivity contribution in [2.24, 2.45) is 0 Å². The Labute approximate surface area is 129 Å². The summed E-state index contributed by atoms with van der Waals surface area (Å²) in [6.07, 6.45) is 2.20. The smallest absolute Gasteiger partial charge is 0.226 e. The minimum absolute atomic E-state index is 0.0499. The maximum Gasteiger partial charge on any atom is 0.226 e. The van der Waals surface area contributed by atoms with Gasteiger partial charge >= 0.3 is 0 Å². The lowest BCUT2D eigenvalue weighted by Gasteiger charge is -2.24. The van der Waals surface area contributed by atoms with Crippen LogP contribution in [0.1, 0.15) is 23.0 Å². The number of aryl methyl sites for hydroxylation is 1. The Balaban J connectivity index is 1.85. The van der Waals surface area contributed by atoms with Crippen molar-refractivity contribution in [1.82, 2.24) is 14.8 Å². The van der Waals surface area contributed by atoms with Gasteiger partial charge in [-0.3, -0.25) is 0 Å². The van der Waals surface area contributed by atoms with E-state index in [0.29, 0.717) is 0 Å². The molecule has 0 spiro atoms. The molecule has 0 amide bonds. The van der Waals surface area contributed by atoms with Crippen LogP contribution in [0, 0.1) is 6.92 Å². The van der Waals surface area contributed by atoms with Gasteiger partial charge in [-0.1, -0.05) is 60.7 Å². The van der Waals surface area contributed by atoms with Crippen molar-refractivity contribution in [2.75, 3.05) is 5.32 Å². The normalized spacial score (nSPS) is 16.6. The quantitative estimate of drug-likeness (QED) is 0.783. The van der Waals surface area contributed by atoms with Gasteiger partial charge < -0.3 is 5.32 Å². The zero-order valence-corrected chi connectivity index (χ0v) is 12.3. The van der Waals surface area contributed by atoms with Crippen LogP contribution in [0.15, 0.2) is 66.7 Å². The average molecular weight is 288 g/mol. The summed E-state index contributed by atoms with van der Waals surface area (Å²) in [5, 5.41) is 7.92. The van der Waals surface area contributed by atoms with Crippen LogP contribution >= 0.6 is 0 Å². The molecule has 0 saturated heterocycles. The molecule has 0 fully saturated rings. The van der Waals surface area contributed by atoms with Crippen molar-refractivity contribution < 1.29 is 0 Å². The maximum absolute atomic E-state index is 4.54. The highest BCUT2D eigenvalue weighted by atomic mass is 15.4. The van der Waals surface area contributed by atoms with Crippen LogP contribution in [0.5, 0.6) is 0 Å². The van der Waals surface area contributed by atoms with Crippen LogP contribution in [-0.2, 0) is 0 Å². The van der Waals surface area contributed by atoms with Crippen molar-refractivity contribution in [3.05, 3.63) is 83.7 Å². The van der Waals surface area contributed by atoms with Crippen LogP contribution in [0.3, 0.4) is 0 Å². The zero-order valence-electron chi connectivity index (χ0n) is 12.3. The topological polar surface area (TPSA) is 42.7 Å². The summed E-state index contributed by atoms with van der Waals surface area (Å²) >= 11 is 0. The highest BCUT2D eigenvalue weighted by Crippen LogP contribution is 2.32. The van der Waals surface area contributed by atoms with Gasteiger partial charge in [-0.25, -0.2) is 4.68 Å². The van der Waals surface area contributed by atoms with Gasteiger partial charge in [0.1, 0.15) is 11.9 Å². The van der Waals surface area contributed by atoms with E-state index in [4.69, 9.17) is 0 Å². The molecule has 1 aliphatic rings. The number of fused-ring (bicyclic) bond motifs is 1. The monoisotopic (exact) mass is 288 g/mol. The van der Waals surface area contributed by atoms with Crippen LogP contribution in [0.25, 0.3) is 5.70 Å². The van der Waals surface area contributed by atoms with Crippen LogP contribution in [0.4, 0.5) is 5.95 Å².